The maximum atomic E-state index is 12.8. The average Bonchev–Trinajstić information content (AvgIpc) is 3.28. The Morgan fingerprint density at radius 2 is 2.04 bits per heavy atom. The van der Waals surface area contributed by atoms with Crippen molar-refractivity contribution in [1.29, 1.82) is 0 Å². The highest BCUT2D eigenvalue weighted by molar-refractivity contribution is 5.92. The van der Waals surface area contributed by atoms with Crippen molar-refractivity contribution in [2.75, 3.05) is 26.3 Å². The summed E-state index contributed by atoms with van der Waals surface area (Å²) in [5.74, 6) is 1.66. The SMILES string of the molecule is Cc1cnc(C2CCOCC2)n1C1CCCN(C(=O)c2cn(C)cn2)C1. The molecule has 0 saturated carbocycles. The average molecular weight is 357 g/mol. The van der Waals surface area contributed by atoms with Crippen molar-refractivity contribution in [3.63, 3.8) is 0 Å². The van der Waals surface area contributed by atoms with Crippen LogP contribution in [0.25, 0.3) is 0 Å². The van der Waals surface area contributed by atoms with Crippen LogP contribution in [0, 0.1) is 6.92 Å². The minimum Gasteiger partial charge on any atom is -0.381 e. The molecule has 2 aliphatic rings. The molecular formula is C19H27N5O2. The van der Waals surface area contributed by atoms with Crippen LogP contribution in [0.1, 0.15) is 59.6 Å². The van der Waals surface area contributed by atoms with Crippen molar-refractivity contribution in [2.24, 2.45) is 7.05 Å². The molecule has 0 bridgehead atoms. The van der Waals surface area contributed by atoms with Crippen LogP contribution in [0.4, 0.5) is 0 Å². The van der Waals surface area contributed by atoms with Crippen LogP contribution in [-0.4, -0.2) is 56.2 Å². The van der Waals surface area contributed by atoms with E-state index < -0.39 is 0 Å². The normalized spacial score (nSPS) is 21.9. The second-order valence-electron chi connectivity index (χ2n) is 7.49. The molecule has 4 rings (SSSR count). The Morgan fingerprint density at radius 1 is 1.23 bits per heavy atom. The molecular weight excluding hydrogens is 330 g/mol. The molecule has 2 saturated heterocycles. The zero-order chi connectivity index (χ0) is 18.1. The minimum absolute atomic E-state index is 0.0284. The van der Waals surface area contributed by atoms with E-state index in [4.69, 9.17) is 9.72 Å². The van der Waals surface area contributed by atoms with Crippen molar-refractivity contribution >= 4 is 5.91 Å². The van der Waals surface area contributed by atoms with Gasteiger partial charge in [0, 0.05) is 57.4 Å². The van der Waals surface area contributed by atoms with E-state index in [0.29, 0.717) is 11.6 Å². The molecule has 2 fully saturated rings. The summed E-state index contributed by atoms with van der Waals surface area (Å²) < 4.78 is 9.71. The van der Waals surface area contributed by atoms with Crippen molar-refractivity contribution in [3.05, 3.63) is 35.9 Å². The quantitative estimate of drug-likeness (QED) is 0.845. The Labute approximate surface area is 154 Å². The summed E-state index contributed by atoms with van der Waals surface area (Å²) in [4.78, 5) is 23.7. The molecule has 0 aromatic carbocycles. The largest absolute Gasteiger partial charge is 0.381 e. The van der Waals surface area contributed by atoms with Crippen LogP contribution in [0.15, 0.2) is 18.7 Å². The Morgan fingerprint density at radius 3 is 2.77 bits per heavy atom. The Kier molecular flexibility index (Phi) is 4.80. The maximum Gasteiger partial charge on any atom is 0.274 e. The molecule has 0 spiro atoms. The summed E-state index contributed by atoms with van der Waals surface area (Å²) in [5.41, 5.74) is 1.71. The predicted molar refractivity (Wildman–Crippen MR) is 97.1 cm³/mol. The highest BCUT2D eigenvalue weighted by Gasteiger charge is 2.30. The van der Waals surface area contributed by atoms with Crippen molar-refractivity contribution < 1.29 is 9.53 Å². The first-order valence-electron chi connectivity index (χ1n) is 9.52. The first kappa shape index (κ1) is 17.3. The predicted octanol–water partition coefficient (Wildman–Crippen LogP) is 2.30. The van der Waals surface area contributed by atoms with Crippen LogP contribution < -0.4 is 0 Å². The topological polar surface area (TPSA) is 65.2 Å². The molecule has 140 valence electrons. The number of aryl methyl sites for hydroxylation is 2. The summed E-state index contributed by atoms with van der Waals surface area (Å²) in [6.07, 6.45) is 9.59. The molecule has 2 aliphatic heterocycles. The first-order valence-corrected chi connectivity index (χ1v) is 9.52. The summed E-state index contributed by atoms with van der Waals surface area (Å²) in [6, 6.07) is 0.289. The third kappa shape index (κ3) is 3.28. The van der Waals surface area contributed by atoms with Gasteiger partial charge in [-0.15, -0.1) is 0 Å². The lowest BCUT2D eigenvalue weighted by Crippen LogP contribution is -2.41. The van der Waals surface area contributed by atoms with Gasteiger partial charge in [0.2, 0.25) is 0 Å². The number of aromatic nitrogens is 4. The van der Waals surface area contributed by atoms with Crippen LogP contribution in [-0.2, 0) is 11.8 Å². The number of carbonyl (C=O) groups is 1. The van der Waals surface area contributed by atoms with Gasteiger partial charge < -0.3 is 18.8 Å². The van der Waals surface area contributed by atoms with E-state index in [1.165, 1.54) is 11.5 Å². The van der Waals surface area contributed by atoms with Gasteiger partial charge in [-0.3, -0.25) is 4.79 Å². The van der Waals surface area contributed by atoms with Crippen molar-refractivity contribution in [1.82, 2.24) is 24.0 Å². The molecule has 7 nitrogen and oxygen atoms in total. The molecule has 0 radical (unpaired) electrons. The van der Waals surface area contributed by atoms with E-state index in [0.717, 1.165) is 52.0 Å². The van der Waals surface area contributed by atoms with E-state index >= 15 is 0 Å². The number of imidazole rings is 2. The fraction of sp³-hybridized carbons (Fsp3) is 0.632. The Balaban J connectivity index is 1.54. The van der Waals surface area contributed by atoms with Gasteiger partial charge in [0.1, 0.15) is 11.5 Å². The molecule has 1 amide bonds. The number of rotatable bonds is 3. The number of likely N-dealkylation sites (tertiary alicyclic amines) is 1. The lowest BCUT2D eigenvalue weighted by molar-refractivity contribution is 0.0661. The lowest BCUT2D eigenvalue weighted by atomic mass is 9.97. The number of carbonyl (C=O) groups excluding carboxylic acids is 1. The van der Waals surface area contributed by atoms with Crippen LogP contribution >= 0.6 is 0 Å². The molecule has 4 heterocycles. The third-order valence-corrected chi connectivity index (χ3v) is 5.57. The molecule has 1 unspecified atom stereocenters. The van der Waals surface area contributed by atoms with E-state index in [2.05, 4.69) is 16.5 Å². The van der Waals surface area contributed by atoms with Crippen molar-refractivity contribution in [2.45, 2.75) is 44.6 Å². The van der Waals surface area contributed by atoms with Gasteiger partial charge >= 0.3 is 0 Å². The Bertz CT molecular complexity index is 775. The summed E-state index contributed by atoms with van der Waals surface area (Å²) >= 11 is 0. The molecule has 0 aliphatic carbocycles. The van der Waals surface area contributed by atoms with Gasteiger partial charge in [0.05, 0.1) is 12.4 Å². The summed E-state index contributed by atoms with van der Waals surface area (Å²) in [6.45, 7) is 5.27. The number of amides is 1. The highest BCUT2D eigenvalue weighted by atomic mass is 16.5. The fourth-order valence-electron chi connectivity index (χ4n) is 4.23. The zero-order valence-electron chi connectivity index (χ0n) is 15.6. The van der Waals surface area contributed by atoms with E-state index in [1.807, 2.05) is 22.7 Å². The van der Waals surface area contributed by atoms with Gasteiger partial charge in [0.15, 0.2) is 0 Å². The standard InChI is InChI=1S/C19H27N5O2/c1-14-10-20-18(15-5-8-26-9-6-15)24(14)16-4-3-7-23(11-16)19(25)17-12-22(2)13-21-17/h10,12-13,15-16H,3-9,11H2,1-2H3. The lowest BCUT2D eigenvalue weighted by Gasteiger charge is -2.35. The van der Waals surface area contributed by atoms with Gasteiger partial charge in [-0.05, 0) is 32.6 Å². The molecule has 1 atom stereocenters. The highest BCUT2D eigenvalue weighted by Crippen LogP contribution is 2.32. The van der Waals surface area contributed by atoms with Gasteiger partial charge in [-0.25, -0.2) is 9.97 Å². The first-order chi connectivity index (χ1) is 12.6. The summed E-state index contributed by atoms with van der Waals surface area (Å²) in [7, 11) is 1.89. The van der Waals surface area contributed by atoms with Gasteiger partial charge in [0.25, 0.3) is 5.91 Å². The van der Waals surface area contributed by atoms with E-state index in [1.54, 1.807) is 12.5 Å². The van der Waals surface area contributed by atoms with E-state index in [9.17, 15) is 4.79 Å². The van der Waals surface area contributed by atoms with Gasteiger partial charge in [-0.1, -0.05) is 0 Å². The van der Waals surface area contributed by atoms with E-state index in [-0.39, 0.29) is 11.9 Å². The van der Waals surface area contributed by atoms with Crippen molar-refractivity contribution in [3.8, 4) is 0 Å². The summed E-state index contributed by atoms with van der Waals surface area (Å²) in [5, 5.41) is 0. The molecule has 26 heavy (non-hydrogen) atoms. The second-order valence-corrected chi connectivity index (χ2v) is 7.49. The number of hydrogen-bond acceptors (Lipinski definition) is 4. The Hall–Kier alpha value is -2.15. The van der Waals surface area contributed by atoms with Crippen LogP contribution in [0.5, 0.6) is 0 Å². The minimum atomic E-state index is 0.0284. The third-order valence-electron chi connectivity index (χ3n) is 5.57. The number of ether oxygens (including phenoxy) is 1. The number of piperidine rings is 1. The number of nitrogens with zero attached hydrogens (tertiary/aromatic N) is 5. The second kappa shape index (κ2) is 7.23. The molecule has 0 N–H and O–H groups in total. The monoisotopic (exact) mass is 357 g/mol. The van der Waals surface area contributed by atoms with Gasteiger partial charge in [-0.2, -0.15) is 0 Å². The molecule has 2 aromatic rings. The smallest absolute Gasteiger partial charge is 0.274 e. The fourth-order valence-corrected chi connectivity index (χ4v) is 4.23. The maximum absolute atomic E-state index is 12.8. The van der Waals surface area contributed by atoms with Crippen LogP contribution in [0.3, 0.4) is 0 Å². The molecule has 7 heteroatoms. The molecule has 2 aromatic heterocycles. The number of hydrogen-bond donors (Lipinski definition) is 0. The zero-order valence-corrected chi connectivity index (χ0v) is 15.6. The van der Waals surface area contributed by atoms with Crippen LogP contribution in [0.2, 0.25) is 0 Å².